The van der Waals surface area contributed by atoms with E-state index < -0.39 is 0 Å². The van der Waals surface area contributed by atoms with Crippen molar-refractivity contribution in [2.75, 3.05) is 0 Å². The summed E-state index contributed by atoms with van der Waals surface area (Å²) in [5.41, 5.74) is 4.45. The molecule has 0 aromatic carbocycles. The molecular formula is C30H50O. The monoisotopic (exact) mass is 426 g/mol. The number of hydrogen-bond acceptors (Lipinski definition) is 1. The number of aliphatic hydroxyl groups excluding tert-OH is 1. The summed E-state index contributed by atoms with van der Waals surface area (Å²) in [4.78, 5) is 0. The molecule has 4 rings (SSSR count). The first kappa shape index (κ1) is 23.6. The fraction of sp³-hybridized carbons (Fsp3) is 0.867. The van der Waals surface area contributed by atoms with Crippen molar-refractivity contribution in [1.82, 2.24) is 0 Å². The van der Waals surface area contributed by atoms with Crippen molar-refractivity contribution in [2.24, 2.45) is 52.3 Å². The third kappa shape index (κ3) is 3.79. The lowest BCUT2D eigenvalue weighted by Gasteiger charge is -2.59. The topological polar surface area (TPSA) is 20.2 Å². The van der Waals surface area contributed by atoms with Gasteiger partial charge in [0.15, 0.2) is 0 Å². The van der Waals surface area contributed by atoms with Crippen LogP contribution in [0.2, 0.25) is 0 Å². The molecule has 9 atom stereocenters. The Hall–Kier alpha value is -0.560. The lowest BCUT2D eigenvalue weighted by atomic mass is 9.46. The van der Waals surface area contributed by atoms with E-state index in [-0.39, 0.29) is 6.10 Å². The Morgan fingerprint density at radius 2 is 1.74 bits per heavy atom. The summed E-state index contributed by atoms with van der Waals surface area (Å²) in [6.45, 7) is 17.1. The summed E-state index contributed by atoms with van der Waals surface area (Å²) in [5.74, 6) is 5.16. The fourth-order valence-electron chi connectivity index (χ4n) is 9.28. The first-order valence-electron chi connectivity index (χ1n) is 13.7. The average Bonchev–Trinajstić information content (AvgIpc) is 3.08. The van der Waals surface area contributed by atoms with Crippen LogP contribution in [-0.2, 0) is 0 Å². The van der Waals surface area contributed by atoms with Crippen LogP contribution in [0.5, 0.6) is 0 Å². The average molecular weight is 427 g/mol. The van der Waals surface area contributed by atoms with E-state index in [1.54, 1.807) is 5.57 Å². The molecule has 0 aliphatic heterocycles. The van der Waals surface area contributed by atoms with Crippen LogP contribution in [0.25, 0.3) is 0 Å². The smallest absolute Gasteiger partial charge is 0.0568 e. The number of hydrogen-bond donors (Lipinski definition) is 1. The van der Waals surface area contributed by atoms with E-state index >= 15 is 0 Å². The number of rotatable bonds is 5. The molecule has 1 N–H and O–H groups in total. The molecule has 0 saturated heterocycles. The van der Waals surface area contributed by atoms with Crippen molar-refractivity contribution in [3.8, 4) is 0 Å². The van der Waals surface area contributed by atoms with Gasteiger partial charge in [-0.3, -0.25) is 0 Å². The van der Waals surface area contributed by atoms with Crippen molar-refractivity contribution < 1.29 is 5.11 Å². The third-order valence-corrected chi connectivity index (χ3v) is 11.3. The molecule has 0 aromatic rings. The van der Waals surface area contributed by atoms with Gasteiger partial charge in [0, 0.05) is 0 Å². The lowest BCUT2D eigenvalue weighted by molar-refractivity contribution is -0.0773. The summed E-state index contributed by atoms with van der Waals surface area (Å²) in [6.07, 6.45) is 16.8. The van der Waals surface area contributed by atoms with Crippen molar-refractivity contribution in [1.29, 1.82) is 0 Å². The van der Waals surface area contributed by atoms with Crippen LogP contribution in [0.1, 0.15) is 106 Å². The van der Waals surface area contributed by atoms with Gasteiger partial charge in [0.2, 0.25) is 0 Å². The van der Waals surface area contributed by atoms with E-state index in [4.69, 9.17) is 0 Å². The molecule has 3 fully saturated rings. The van der Waals surface area contributed by atoms with Gasteiger partial charge in [0.25, 0.3) is 0 Å². The first-order chi connectivity index (χ1) is 14.6. The van der Waals surface area contributed by atoms with Crippen LogP contribution < -0.4 is 0 Å². The zero-order chi connectivity index (χ0) is 22.6. The van der Waals surface area contributed by atoms with Gasteiger partial charge in [-0.25, -0.2) is 0 Å². The summed E-state index contributed by atoms with van der Waals surface area (Å²) >= 11 is 0. The van der Waals surface area contributed by atoms with Crippen LogP contribution >= 0.6 is 0 Å². The van der Waals surface area contributed by atoms with E-state index in [9.17, 15) is 5.11 Å². The van der Waals surface area contributed by atoms with Crippen molar-refractivity contribution >= 4 is 0 Å². The van der Waals surface area contributed by atoms with Gasteiger partial charge < -0.3 is 5.11 Å². The molecule has 0 spiro atoms. The van der Waals surface area contributed by atoms with Gasteiger partial charge >= 0.3 is 0 Å². The van der Waals surface area contributed by atoms with Gasteiger partial charge in [-0.2, -0.15) is 0 Å². The highest BCUT2D eigenvalue weighted by molar-refractivity contribution is 5.28. The van der Waals surface area contributed by atoms with Crippen molar-refractivity contribution in [3.63, 3.8) is 0 Å². The van der Waals surface area contributed by atoms with Crippen LogP contribution in [0, 0.1) is 52.3 Å². The third-order valence-electron chi connectivity index (χ3n) is 11.3. The second-order valence-corrected chi connectivity index (χ2v) is 12.9. The fourth-order valence-corrected chi connectivity index (χ4v) is 9.28. The molecule has 1 nitrogen and oxygen atoms in total. The minimum atomic E-state index is -0.0773. The summed E-state index contributed by atoms with van der Waals surface area (Å²) in [6, 6.07) is 0. The Morgan fingerprint density at radius 1 is 1.06 bits per heavy atom. The van der Waals surface area contributed by atoms with E-state index in [1.807, 2.05) is 5.57 Å². The van der Waals surface area contributed by atoms with E-state index in [1.165, 1.54) is 51.4 Å². The molecule has 176 valence electrons. The standard InChI is InChI=1S/C30H50O/c1-8-22(19(2)3)10-9-20(4)24-13-14-26-23-11-12-25-21(5)28(31)16-18-30(25,7)27(23)15-17-29(24,26)6/h8,11,19-21,24-28,31H,9-10,12-18H2,1-7H3/t20-,21+,24-,25+,26+,27-,28+,29+,30-/m1/s1. The Balaban J connectivity index is 1.51. The highest BCUT2D eigenvalue weighted by Crippen LogP contribution is 2.67. The molecular weight excluding hydrogens is 376 g/mol. The van der Waals surface area contributed by atoms with Gasteiger partial charge in [0.1, 0.15) is 0 Å². The molecule has 1 heteroatoms. The minimum absolute atomic E-state index is 0.0773. The van der Waals surface area contributed by atoms with Crippen molar-refractivity contribution in [3.05, 3.63) is 23.3 Å². The molecule has 0 aromatic heterocycles. The van der Waals surface area contributed by atoms with Gasteiger partial charge in [-0.1, -0.05) is 64.8 Å². The number of allylic oxidation sites excluding steroid dienone is 4. The second-order valence-electron chi connectivity index (χ2n) is 12.9. The number of fused-ring (bicyclic) bond motifs is 5. The Labute approximate surface area is 193 Å². The maximum absolute atomic E-state index is 10.5. The Bertz CT molecular complexity index is 716. The molecule has 0 bridgehead atoms. The molecule has 0 unspecified atom stereocenters. The van der Waals surface area contributed by atoms with Crippen LogP contribution in [-0.4, -0.2) is 11.2 Å². The molecule has 4 aliphatic rings. The predicted molar refractivity (Wildman–Crippen MR) is 133 cm³/mol. The first-order valence-corrected chi connectivity index (χ1v) is 13.7. The van der Waals surface area contributed by atoms with Crippen LogP contribution in [0.4, 0.5) is 0 Å². The molecule has 31 heavy (non-hydrogen) atoms. The molecule has 4 aliphatic carbocycles. The maximum atomic E-state index is 10.5. The zero-order valence-corrected chi connectivity index (χ0v) is 21.6. The van der Waals surface area contributed by atoms with Crippen molar-refractivity contribution in [2.45, 2.75) is 112 Å². The minimum Gasteiger partial charge on any atom is -0.393 e. The molecule has 0 heterocycles. The normalized spacial score (nSPS) is 46.2. The SMILES string of the molecule is CC=C(CC[C@@H](C)[C@H]1CC[C@H]2C3=CC[C@H]4[C@H](C)[C@@H](O)CC[C@@]4(C)[C@@H]3CC[C@@]12C)C(C)C. The highest BCUT2D eigenvalue weighted by Gasteiger charge is 2.59. The second kappa shape index (κ2) is 8.66. The summed E-state index contributed by atoms with van der Waals surface area (Å²) in [7, 11) is 0. The molecule has 0 radical (unpaired) electrons. The molecule has 0 amide bonds. The summed E-state index contributed by atoms with van der Waals surface area (Å²) < 4.78 is 0. The van der Waals surface area contributed by atoms with Crippen LogP contribution in [0.15, 0.2) is 23.3 Å². The maximum Gasteiger partial charge on any atom is 0.0568 e. The quantitative estimate of drug-likeness (QED) is 0.439. The largest absolute Gasteiger partial charge is 0.393 e. The zero-order valence-electron chi connectivity index (χ0n) is 21.6. The Morgan fingerprint density at radius 3 is 2.42 bits per heavy atom. The van der Waals surface area contributed by atoms with E-state index in [0.717, 1.165) is 30.1 Å². The van der Waals surface area contributed by atoms with E-state index in [2.05, 4.69) is 60.6 Å². The van der Waals surface area contributed by atoms with Gasteiger partial charge in [-0.15, -0.1) is 0 Å². The number of aliphatic hydroxyl groups is 1. The Kier molecular flexibility index (Phi) is 6.59. The van der Waals surface area contributed by atoms with Gasteiger partial charge in [-0.05, 0) is 117 Å². The highest BCUT2D eigenvalue weighted by atomic mass is 16.3. The molecule has 3 saturated carbocycles. The van der Waals surface area contributed by atoms with E-state index in [0.29, 0.717) is 28.6 Å². The lowest BCUT2D eigenvalue weighted by Crippen LogP contribution is -2.52. The summed E-state index contributed by atoms with van der Waals surface area (Å²) in [5, 5.41) is 10.5. The van der Waals surface area contributed by atoms with Gasteiger partial charge in [0.05, 0.1) is 6.10 Å². The predicted octanol–water partition coefficient (Wildman–Crippen LogP) is 8.19. The van der Waals surface area contributed by atoms with Crippen LogP contribution in [0.3, 0.4) is 0 Å².